The molecule has 2 amide bonds. The largest absolute Gasteiger partial charge is 0.491 e. The van der Waals surface area contributed by atoms with Crippen LogP contribution in [-0.4, -0.2) is 51.1 Å². The van der Waals surface area contributed by atoms with Gasteiger partial charge in [0.2, 0.25) is 5.13 Å². The van der Waals surface area contributed by atoms with Crippen LogP contribution < -0.4 is 10.1 Å². The van der Waals surface area contributed by atoms with Crippen molar-refractivity contribution < 1.29 is 14.3 Å². The first-order valence-electron chi connectivity index (χ1n) is 11.1. The summed E-state index contributed by atoms with van der Waals surface area (Å²) in [6.45, 7) is 7.28. The number of hydrogen-bond donors (Lipinski definition) is 1. The fourth-order valence-electron chi connectivity index (χ4n) is 3.65. The Morgan fingerprint density at radius 1 is 1.18 bits per heavy atom. The van der Waals surface area contributed by atoms with E-state index >= 15 is 0 Å². The Morgan fingerprint density at radius 2 is 1.91 bits per heavy atom. The van der Waals surface area contributed by atoms with Crippen LogP contribution >= 0.6 is 22.7 Å². The van der Waals surface area contributed by atoms with Gasteiger partial charge in [-0.25, -0.2) is 4.98 Å². The minimum Gasteiger partial charge on any atom is -0.491 e. The highest BCUT2D eigenvalue weighted by Crippen LogP contribution is 2.31. The number of carbonyl (C=O) groups excluding carboxylic acids is 2. The van der Waals surface area contributed by atoms with E-state index in [4.69, 9.17) is 4.74 Å². The van der Waals surface area contributed by atoms with Crippen LogP contribution in [-0.2, 0) is 6.42 Å². The molecule has 0 aliphatic carbocycles. The SMILES string of the molecule is CCc1nnc(NC(=O)c2csc(C3CCN(C(=O)c4ccc(OC(C)C)cc4)CC3)n2)s1. The number of aromatic nitrogens is 3. The quantitative estimate of drug-likeness (QED) is 0.525. The van der Waals surface area contributed by atoms with E-state index in [0.717, 1.165) is 35.0 Å². The molecule has 1 aromatic carbocycles. The maximum Gasteiger partial charge on any atom is 0.276 e. The standard InChI is InChI=1S/C23H27N5O3S2/c1-4-19-26-27-23(33-19)25-20(29)18-13-32-21(24-18)15-9-11-28(12-10-15)22(30)16-5-7-17(8-6-16)31-14(2)3/h5-8,13-15H,4,9-12H2,1-3H3,(H,25,27,29). The summed E-state index contributed by atoms with van der Waals surface area (Å²) in [5.74, 6) is 0.775. The highest BCUT2D eigenvalue weighted by molar-refractivity contribution is 7.15. The number of anilines is 1. The molecule has 10 heteroatoms. The van der Waals surface area contributed by atoms with Gasteiger partial charge in [-0.3, -0.25) is 14.9 Å². The van der Waals surface area contributed by atoms with Gasteiger partial charge >= 0.3 is 0 Å². The van der Waals surface area contributed by atoms with Gasteiger partial charge in [0.1, 0.15) is 16.5 Å². The van der Waals surface area contributed by atoms with Gasteiger partial charge in [0.25, 0.3) is 11.8 Å². The van der Waals surface area contributed by atoms with E-state index in [1.807, 2.05) is 49.9 Å². The molecule has 0 saturated carbocycles. The summed E-state index contributed by atoms with van der Waals surface area (Å²) in [5, 5.41) is 14.9. The Bertz CT molecular complexity index is 1100. The number of piperidine rings is 1. The summed E-state index contributed by atoms with van der Waals surface area (Å²) >= 11 is 2.87. The second-order valence-electron chi connectivity index (χ2n) is 8.14. The van der Waals surface area contributed by atoms with E-state index in [2.05, 4.69) is 20.5 Å². The number of ether oxygens (including phenoxy) is 1. The molecule has 1 fully saturated rings. The third-order valence-electron chi connectivity index (χ3n) is 5.35. The number of amides is 2. The van der Waals surface area contributed by atoms with Crippen molar-refractivity contribution in [1.82, 2.24) is 20.1 Å². The van der Waals surface area contributed by atoms with Gasteiger partial charge in [-0.15, -0.1) is 21.5 Å². The number of hydrogen-bond acceptors (Lipinski definition) is 8. The fourth-order valence-corrected chi connectivity index (χ4v) is 5.29. The van der Waals surface area contributed by atoms with E-state index in [1.54, 1.807) is 5.38 Å². The van der Waals surface area contributed by atoms with Crippen LogP contribution in [0.4, 0.5) is 5.13 Å². The Labute approximate surface area is 201 Å². The zero-order chi connectivity index (χ0) is 23.4. The molecule has 1 aliphatic rings. The maximum atomic E-state index is 12.9. The molecule has 174 valence electrons. The van der Waals surface area contributed by atoms with Gasteiger partial charge in [0.15, 0.2) is 0 Å². The van der Waals surface area contributed by atoms with Crippen molar-refractivity contribution in [2.24, 2.45) is 0 Å². The van der Waals surface area contributed by atoms with Gasteiger partial charge in [-0.1, -0.05) is 18.3 Å². The van der Waals surface area contributed by atoms with Gasteiger partial charge in [0.05, 0.1) is 11.1 Å². The number of carbonyl (C=O) groups is 2. The monoisotopic (exact) mass is 485 g/mol. The lowest BCUT2D eigenvalue weighted by Crippen LogP contribution is -2.37. The van der Waals surface area contributed by atoms with Crippen LogP contribution in [0.3, 0.4) is 0 Å². The summed E-state index contributed by atoms with van der Waals surface area (Å²) in [4.78, 5) is 31.8. The van der Waals surface area contributed by atoms with E-state index < -0.39 is 0 Å². The second kappa shape index (κ2) is 10.4. The van der Waals surface area contributed by atoms with Crippen LogP contribution in [0, 0.1) is 0 Å². The Kier molecular flexibility index (Phi) is 7.34. The molecule has 1 saturated heterocycles. The predicted molar refractivity (Wildman–Crippen MR) is 129 cm³/mol. The Balaban J connectivity index is 1.31. The van der Waals surface area contributed by atoms with Gasteiger partial charge in [0, 0.05) is 30.0 Å². The molecule has 0 bridgehead atoms. The molecule has 3 heterocycles. The normalized spacial score (nSPS) is 14.5. The molecule has 1 N–H and O–H groups in total. The van der Waals surface area contributed by atoms with E-state index in [-0.39, 0.29) is 23.8 Å². The number of aryl methyl sites for hydroxylation is 1. The molecule has 3 aromatic rings. The maximum absolute atomic E-state index is 12.9. The van der Waals surface area contributed by atoms with Crippen LogP contribution in [0.5, 0.6) is 5.75 Å². The van der Waals surface area contributed by atoms with Crippen molar-refractivity contribution in [3.05, 3.63) is 50.9 Å². The fraction of sp³-hybridized carbons (Fsp3) is 0.435. The zero-order valence-corrected chi connectivity index (χ0v) is 20.5. The van der Waals surface area contributed by atoms with Crippen LogP contribution in [0.1, 0.15) is 70.4 Å². The molecule has 2 aromatic heterocycles. The molecule has 0 spiro atoms. The minimum atomic E-state index is -0.270. The molecule has 8 nitrogen and oxygen atoms in total. The predicted octanol–water partition coefficient (Wildman–Crippen LogP) is 4.62. The van der Waals surface area contributed by atoms with E-state index in [0.29, 0.717) is 29.5 Å². The van der Waals surface area contributed by atoms with Crippen molar-refractivity contribution in [2.45, 2.75) is 52.1 Å². The van der Waals surface area contributed by atoms with Crippen molar-refractivity contribution in [1.29, 1.82) is 0 Å². The number of nitrogens with zero attached hydrogens (tertiary/aromatic N) is 4. The van der Waals surface area contributed by atoms with Crippen molar-refractivity contribution in [3.63, 3.8) is 0 Å². The number of nitrogens with one attached hydrogen (secondary N) is 1. The van der Waals surface area contributed by atoms with Crippen LogP contribution in [0.15, 0.2) is 29.6 Å². The first-order chi connectivity index (χ1) is 15.9. The third kappa shape index (κ3) is 5.75. The van der Waals surface area contributed by atoms with Gasteiger partial charge < -0.3 is 9.64 Å². The molecular formula is C23H27N5O3S2. The topological polar surface area (TPSA) is 97.3 Å². The molecule has 33 heavy (non-hydrogen) atoms. The average molecular weight is 486 g/mol. The average Bonchev–Trinajstić information content (AvgIpc) is 3.49. The lowest BCUT2D eigenvalue weighted by Gasteiger charge is -2.31. The lowest BCUT2D eigenvalue weighted by atomic mass is 9.97. The molecular weight excluding hydrogens is 458 g/mol. The van der Waals surface area contributed by atoms with Gasteiger partial charge in [-0.05, 0) is 57.4 Å². The van der Waals surface area contributed by atoms with E-state index in [9.17, 15) is 9.59 Å². The number of thiazole rings is 1. The summed E-state index contributed by atoms with van der Waals surface area (Å²) in [6.07, 6.45) is 2.53. The summed E-state index contributed by atoms with van der Waals surface area (Å²) < 4.78 is 5.65. The first kappa shape index (κ1) is 23.3. The third-order valence-corrected chi connectivity index (χ3v) is 7.34. The second-order valence-corrected chi connectivity index (χ2v) is 10.1. The molecule has 0 radical (unpaired) electrons. The first-order valence-corrected chi connectivity index (χ1v) is 12.8. The van der Waals surface area contributed by atoms with Crippen LogP contribution in [0.25, 0.3) is 0 Å². The minimum absolute atomic E-state index is 0.0345. The van der Waals surface area contributed by atoms with Crippen molar-refractivity contribution >= 4 is 39.6 Å². The Hall–Kier alpha value is -2.85. The molecule has 0 atom stereocenters. The zero-order valence-electron chi connectivity index (χ0n) is 18.9. The summed E-state index contributed by atoms with van der Waals surface area (Å²) in [7, 11) is 0. The highest BCUT2D eigenvalue weighted by atomic mass is 32.1. The highest BCUT2D eigenvalue weighted by Gasteiger charge is 2.27. The summed E-state index contributed by atoms with van der Waals surface area (Å²) in [6, 6.07) is 7.32. The van der Waals surface area contributed by atoms with Gasteiger partial charge in [-0.2, -0.15) is 0 Å². The smallest absolute Gasteiger partial charge is 0.276 e. The van der Waals surface area contributed by atoms with Crippen LogP contribution in [0.2, 0.25) is 0 Å². The number of rotatable bonds is 7. The molecule has 1 aliphatic heterocycles. The number of benzene rings is 1. The number of likely N-dealkylation sites (tertiary alicyclic amines) is 1. The van der Waals surface area contributed by atoms with E-state index in [1.165, 1.54) is 22.7 Å². The van der Waals surface area contributed by atoms with Crippen molar-refractivity contribution in [3.8, 4) is 5.75 Å². The van der Waals surface area contributed by atoms with Crippen molar-refractivity contribution in [2.75, 3.05) is 18.4 Å². The summed E-state index contributed by atoms with van der Waals surface area (Å²) in [5.41, 5.74) is 1.06. The molecule has 0 unspecified atom stereocenters. The lowest BCUT2D eigenvalue weighted by molar-refractivity contribution is 0.0713. The Morgan fingerprint density at radius 3 is 2.55 bits per heavy atom. The molecule has 4 rings (SSSR count).